The second kappa shape index (κ2) is 8.20. The smallest absolute Gasteiger partial charge is 0.246 e. The molecule has 0 aromatic heterocycles. The van der Waals surface area contributed by atoms with Crippen molar-refractivity contribution in [3.63, 3.8) is 0 Å². The second-order valence-electron chi connectivity index (χ2n) is 7.69. The molecule has 5 nitrogen and oxygen atoms in total. The number of nitrogens with zero attached hydrogens (tertiary/aromatic N) is 2. The second-order valence-corrected chi connectivity index (χ2v) is 7.69. The molecular weight excluding hydrogens is 376 g/mol. The SMILES string of the molecule is O=C(/C=C/c1cccc2ccccc12)N1CCN(Cc2ccc3c(c2)OCO3)CC1. The summed E-state index contributed by atoms with van der Waals surface area (Å²) in [5.74, 6) is 1.71. The topological polar surface area (TPSA) is 42.0 Å². The van der Waals surface area contributed by atoms with E-state index < -0.39 is 0 Å². The Kier molecular flexibility index (Phi) is 5.11. The maximum atomic E-state index is 12.7. The van der Waals surface area contributed by atoms with Gasteiger partial charge in [-0.2, -0.15) is 0 Å². The third-order valence-electron chi connectivity index (χ3n) is 5.76. The molecular formula is C25H24N2O3. The van der Waals surface area contributed by atoms with Crippen molar-refractivity contribution in [1.29, 1.82) is 0 Å². The maximum Gasteiger partial charge on any atom is 0.246 e. The molecule has 30 heavy (non-hydrogen) atoms. The summed E-state index contributed by atoms with van der Waals surface area (Å²) in [6, 6.07) is 20.5. The molecule has 0 bridgehead atoms. The van der Waals surface area contributed by atoms with Crippen LogP contribution in [0.2, 0.25) is 0 Å². The summed E-state index contributed by atoms with van der Waals surface area (Å²) in [5.41, 5.74) is 2.28. The number of hydrogen-bond donors (Lipinski definition) is 0. The predicted molar refractivity (Wildman–Crippen MR) is 117 cm³/mol. The van der Waals surface area contributed by atoms with Gasteiger partial charge in [-0.1, -0.05) is 48.5 Å². The summed E-state index contributed by atoms with van der Waals surface area (Å²) in [6.07, 6.45) is 3.64. The molecule has 3 aromatic rings. The zero-order valence-electron chi connectivity index (χ0n) is 16.8. The third-order valence-corrected chi connectivity index (χ3v) is 5.76. The quantitative estimate of drug-likeness (QED) is 0.623. The molecule has 152 valence electrons. The molecule has 2 aliphatic rings. The number of hydrogen-bond acceptors (Lipinski definition) is 4. The monoisotopic (exact) mass is 400 g/mol. The first kappa shape index (κ1) is 18.7. The van der Waals surface area contributed by atoms with Gasteiger partial charge in [-0.25, -0.2) is 0 Å². The van der Waals surface area contributed by atoms with Crippen molar-refractivity contribution in [2.45, 2.75) is 6.54 Å². The van der Waals surface area contributed by atoms with Crippen molar-refractivity contribution in [2.24, 2.45) is 0 Å². The molecule has 0 N–H and O–H groups in total. The Hall–Kier alpha value is -3.31. The van der Waals surface area contributed by atoms with Crippen molar-refractivity contribution < 1.29 is 14.3 Å². The minimum absolute atomic E-state index is 0.0747. The van der Waals surface area contributed by atoms with Crippen LogP contribution >= 0.6 is 0 Å². The fourth-order valence-electron chi connectivity index (χ4n) is 4.09. The number of rotatable bonds is 4. The zero-order chi connectivity index (χ0) is 20.3. The largest absolute Gasteiger partial charge is 0.454 e. The predicted octanol–water partition coefficient (Wildman–Crippen LogP) is 3.93. The fourth-order valence-corrected chi connectivity index (χ4v) is 4.09. The van der Waals surface area contributed by atoms with Crippen molar-refractivity contribution in [3.05, 3.63) is 77.9 Å². The standard InChI is InChI=1S/C25H24N2O3/c28-25(11-9-21-6-3-5-20-4-1-2-7-22(20)21)27-14-12-26(13-15-27)17-19-8-10-23-24(16-19)30-18-29-23/h1-11,16H,12-15,17-18H2/b11-9+. The highest BCUT2D eigenvalue weighted by molar-refractivity contribution is 5.96. The Morgan fingerprint density at radius 3 is 2.60 bits per heavy atom. The molecule has 1 fully saturated rings. The van der Waals surface area contributed by atoms with Crippen LogP contribution in [0.1, 0.15) is 11.1 Å². The van der Waals surface area contributed by atoms with E-state index in [1.807, 2.05) is 41.3 Å². The molecule has 2 aliphatic heterocycles. The lowest BCUT2D eigenvalue weighted by Gasteiger charge is -2.34. The third kappa shape index (κ3) is 3.89. The summed E-state index contributed by atoms with van der Waals surface area (Å²) in [5, 5.41) is 2.35. The van der Waals surface area contributed by atoms with E-state index in [0.29, 0.717) is 6.79 Å². The van der Waals surface area contributed by atoms with E-state index in [1.54, 1.807) is 6.08 Å². The minimum Gasteiger partial charge on any atom is -0.454 e. The van der Waals surface area contributed by atoms with Crippen molar-refractivity contribution in [1.82, 2.24) is 9.80 Å². The molecule has 0 atom stereocenters. The Morgan fingerprint density at radius 1 is 0.900 bits per heavy atom. The zero-order valence-corrected chi connectivity index (χ0v) is 16.8. The highest BCUT2D eigenvalue weighted by Gasteiger charge is 2.21. The van der Waals surface area contributed by atoms with Gasteiger partial charge in [0.05, 0.1) is 0 Å². The van der Waals surface area contributed by atoms with Gasteiger partial charge in [-0.3, -0.25) is 9.69 Å². The number of fused-ring (bicyclic) bond motifs is 2. The van der Waals surface area contributed by atoms with Gasteiger partial charge in [0.25, 0.3) is 0 Å². The molecule has 2 heterocycles. The fraction of sp³-hybridized carbons (Fsp3) is 0.240. The maximum absolute atomic E-state index is 12.7. The first-order valence-electron chi connectivity index (χ1n) is 10.3. The van der Waals surface area contributed by atoms with E-state index >= 15 is 0 Å². The first-order valence-corrected chi connectivity index (χ1v) is 10.3. The van der Waals surface area contributed by atoms with Gasteiger partial charge in [-0.05, 0) is 40.1 Å². The molecule has 1 amide bonds. The summed E-state index contributed by atoms with van der Waals surface area (Å²) in [6.45, 7) is 4.35. The van der Waals surface area contributed by atoms with Crippen LogP contribution in [-0.4, -0.2) is 48.7 Å². The highest BCUT2D eigenvalue weighted by Crippen LogP contribution is 2.32. The number of amides is 1. The van der Waals surface area contributed by atoms with Crippen molar-refractivity contribution in [2.75, 3.05) is 33.0 Å². The van der Waals surface area contributed by atoms with Gasteiger partial charge in [0.15, 0.2) is 11.5 Å². The van der Waals surface area contributed by atoms with Crippen LogP contribution in [0.5, 0.6) is 11.5 Å². The number of piperazine rings is 1. The Morgan fingerprint density at radius 2 is 1.70 bits per heavy atom. The molecule has 5 rings (SSSR count). The lowest BCUT2D eigenvalue weighted by molar-refractivity contribution is -0.127. The number of carbonyl (C=O) groups is 1. The average Bonchev–Trinajstić information content (AvgIpc) is 3.26. The minimum atomic E-state index is 0.0747. The number of ether oxygens (including phenoxy) is 2. The first-order chi connectivity index (χ1) is 14.8. The van der Waals surface area contributed by atoms with E-state index in [4.69, 9.17) is 9.47 Å². The lowest BCUT2D eigenvalue weighted by atomic mass is 10.0. The highest BCUT2D eigenvalue weighted by atomic mass is 16.7. The van der Waals surface area contributed by atoms with Crippen LogP contribution < -0.4 is 9.47 Å². The van der Waals surface area contributed by atoms with Crippen LogP contribution in [0.15, 0.2) is 66.7 Å². The van der Waals surface area contributed by atoms with Crippen LogP contribution in [0, 0.1) is 0 Å². The summed E-state index contributed by atoms with van der Waals surface area (Å²) in [4.78, 5) is 17.0. The molecule has 5 heteroatoms. The van der Waals surface area contributed by atoms with Crippen LogP contribution in [0.4, 0.5) is 0 Å². The molecule has 0 spiro atoms. The Labute approximate surface area is 176 Å². The van der Waals surface area contributed by atoms with Crippen molar-refractivity contribution >= 4 is 22.8 Å². The van der Waals surface area contributed by atoms with E-state index in [0.717, 1.165) is 55.2 Å². The van der Waals surface area contributed by atoms with Gasteiger partial charge in [0.1, 0.15) is 0 Å². The summed E-state index contributed by atoms with van der Waals surface area (Å²) >= 11 is 0. The van der Waals surface area contributed by atoms with Gasteiger partial charge in [-0.15, -0.1) is 0 Å². The molecule has 0 saturated carbocycles. The molecule has 0 unspecified atom stereocenters. The Balaban J connectivity index is 1.18. The van der Waals surface area contributed by atoms with E-state index in [1.165, 1.54) is 10.9 Å². The van der Waals surface area contributed by atoms with Gasteiger partial charge in [0, 0.05) is 38.8 Å². The summed E-state index contributed by atoms with van der Waals surface area (Å²) < 4.78 is 10.8. The number of carbonyl (C=O) groups excluding carboxylic acids is 1. The van der Waals surface area contributed by atoms with Gasteiger partial charge < -0.3 is 14.4 Å². The molecule has 0 aliphatic carbocycles. The molecule has 0 radical (unpaired) electrons. The van der Waals surface area contributed by atoms with E-state index in [9.17, 15) is 4.79 Å². The van der Waals surface area contributed by atoms with Crippen LogP contribution in [-0.2, 0) is 11.3 Å². The normalized spacial score (nSPS) is 16.5. The summed E-state index contributed by atoms with van der Waals surface area (Å²) in [7, 11) is 0. The van der Waals surface area contributed by atoms with Gasteiger partial charge >= 0.3 is 0 Å². The Bertz CT molecular complexity index is 1100. The average molecular weight is 400 g/mol. The van der Waals surface area contributed by atoms with E-state index in [-0.39, 0.29) is 5.91 Å². The van der Waals surface area contributed by atoms with Crippen LogP contribution in [0.25, 0.3) is 16.8 Å². The van der Waals surface area contributed by atoms with E-state index in [2.05, 4.69) is 35.2 Å². The molecule has 3 aromatic carbocycles. The number of benzene rings is 3. The molecule has 1 saturated heterocycles. The van der Waals surface area contributed by atoms with Crippen LogP contribution in [0.3, 0.4) is 0 Å². The lowest BCUT2D eigenvalue weighted by Crippen LogP contribution is -2.47. The van der Waals surface area contributed by atoms with Crippen molar-refractivity contribution in [3.8, 4) is 11.5 Å². The van der Waals surface area contributed by atoms with Gasteiger partial charge in [0.2, 0.25) is 12.7 Å².